The van der Waals surface area contributed by atoms with Gasteiger partial charge in [0.25, 0.3) is 5.56 Å². The fourth-order valence-corrected chi connectivity index (χ4v) is 2.68. The van der Waals surface area contributed by atoms with Gasteiger partial charge >= 0.3 is 11.7 Å². The molecule has 9 nitrogen and oxygen atoms in total. The number of nitrogens with zero attached hydrogens (tertiary/aromatic N) is 1. The highest BCUT2D eigenvalue weighted by Crippen LogP contribution is 2.33. The highest BCUT2D eigenvalue weighted by atomic mass is 79.9. The predicted octanol–water partition coefficient (Wildman–Crippen LogP) is -0.638. The van der Waals surface area contributed by atoms with E-state index in [9.17, 15) is 19.5 Å². The molecule has 1 aromatic rings. The van der Waals surface area contributed by atoms with E-state index in [1.165, 1.54) is 20.0 Å². The van der Waals surface area contributed by atoms with E-state index in [4.69, 9.17) is 13.3 Å². The number of aliphatic hydroxyl groups is 1. The van der Waals surface area contributed by atoms with E-state index in [2.05, 4.69) is 21.2 Å². The van der Waals surface area contributed by atoms with E-state index in [0.717, 1.165) is 4.57 Å². The van der Waals surface area contributed by atoms with Gasteiger partial charge in [-0.05, 0) is 6.92 Å². The fourth-order valence-electron chi connectivity index (χ4n) is 2.28. The Labute approximate surface area is 133 Å². The number of ether oxygens (including phenoxy) is 2. The van der Waals surface area contributed by atoms with E-state index >= 15 is 0 Å². The van der Waals surface area contributed by atoms with E-state index in [1.807, 2.05) is 0 Å². The number of esters is 1. The average Bonchev–Trinajstić information content (AvgIpc) is 2.79. The summed E-state index contributed by atoms with van der Waals surface area (Å²) < 4.78 is 16.9. The minimum atomic E-state index is -0.982. The number of aryl methyl sites for hydroxylation is 1. The maximum atomic E-state index is 12.0. The summed E-state index contributed by atoms with van der Waals surface area (Å²) in [5, 5.41) is 9.36. The molecule has 1 aliphatic rings. The lowest BCUT2D eigenvalue weighted by Crippen LogP contribution is -2.40. The number of H-pyrrole nitrogens is 1. The fraction of sp³-hybridized carbons (Fsp3) is 0.583. The second-order valence-corrected chi connectivity index (χ2v) is 5.23. The average molecular weight is 379 g/mol. The minimum Gasteiger partial charge on any atom is -0.457 e. The highest BCUT2D eigenvalue weighted by Gasteiger charge is 2.48. The van der Waals surface area contributed by atoms with Crippen molar-refractivity contribution in [3.63, 3.8) is 0 Å². The first-order valence-electron chi connectivity index (χ1n) is 6.42. The van der Waals surface area contributed by atoms with E-state index in [-0.39, 0.29) is 0 Å². The summed E-state index contributed by atoms with van der Waals surface area (Å²) in [6.45, 7) is 2.31. The molecule has 1 aliphatic heterocycles. The number of halogens is 1. The van der Waals surface area contributed by atoms with Gasteiger partial charge in [0.15, 0.2) is 18.4 Å². The molecule has 0 radical (unpaired) electrons. The maximum absolute atomic E-state index is 12.0. The Bertz CT molecular complexity index is 670. The van der Waals surface area contributed by atoms with Crippen molar-refractivity contribution < 1.29 is 23.2 Å². The van der Waals surface area contributed by atoms with Crippen LogP contribution >= 0.6 is 16.3 Å². The minimum absolute atomic E-state index is 0.299. The van der Waals surface area contributed by atoms with E-state index < -0.39 is 48.4 Å². The molecule has 0 spiro atoms. The number of aromatic nitrogens is 2. The van der Waals surface area contributed by atoms with Crippen molar-refractivity contribution in [3.05, 3.63) is 32.6 Å². The van der Waals surface area contributed by atoms with Gasteiger partial charge in [0.2, 0.25) is 0 Å². The lowest BCUT2D eigenvalue weighted by atomic mass is 10.1. The number of carbonyl (C=O) groups excluding carboxylic acids is 1. The number of carbonyl (C=O) groups is 1. The molecule has 0 bridgehead atoms. The van der Waals surface area contributed by atoms with Gasteiger partial charge in [0, 0.05) is 18.7 Å². The van der Waals surface area contributed by atoms with Gasteiger partial charge in [0.1, 0.15) is 6.10 Å². The second-order valence-electron chi connectivity index (χ2n) is 4.85. The summed E-state index contributed by atoms with van der Waals surface area (Å²) in [4.78, 5) is 36.7. The van der Waals surface area contributed by atoms with Crippen LogP contribution in [0.3, 0.4) is 0 Å². The molecule has 10 heteroatoms. The Morgan fingerprint density at radius 3 is 2.73 bits per heavy atom. The molecular formula is C12H15BrN2O7. The van der Waals surface area contributed by atoms with Crippen LogP contribution in [0.4, 0.5) is 0 Å². The Morgan fingerprint density at radius 1 is 1.50 bits per heavy atom. The van der Waals surface area contributed by atoms with Crippen LogP contribution in [0.2, 0.25) is 0 Å². The van der Waals surface area contributed by atoms with Crippen molar-refractivity contribution in [2.75, 3.05) is 6.61 Å². The first-order valence-corrected chi connectivity index (χ1v) is 7.06. The van der Waals surface area contributed by atoms with Crippen LogP contribution in [-0.2, 0) is 18.1 Å². The Hall–Kier alpha value is -1.49. The van der Waals surface area contributed by atoms with Gasteiger partial charge in [-0.1, -0.05) is 0 Å². The lowest BCUT2D eigenvalue weighted by Gasteiger charge is -2.21. The zero-order chi connectivity index (χ0) is 16.4. The zero-order valence-electron chi connectivity index (χ0n) is 11.8. The summed E-state index contributed by atoms with van der Waals surface area (Å²) in [5.41, 5.74) is -0.908. The second kappa shape index (κ2) is 6.73. The van der Waals surface area contributed by atoms with Crippen molar-refractivity contribution in [2.45, 2.75) is 38.4 Å². The van der Waals surface area contributed by atoms with Gasteiger partial charge in [-0.2, -0.15) is 0 Å². The molecule has 2 N–H and O–H groups in total. The van der Waals surface area contributed by atoms with Crippen molar-refractivity contribution in [3.8, 4) is 0 Å². The molecule has 1 aromatic heterocycles. The number of rotatable bonds is 4. The largest absolute Gasteiger partial charge is 0.457 e. The van der Waals surface area contributed by atoms with Crippen LogP contribution < -0.4 is 11.2 Å². The van der Waals surface area contributed by atoms with Gasteiger partial charge in [-0.15, -0.1) is 0 Å². The summed E-state index contributed by atoms with van der Waals surface area (Å²) in [6, 6.07) is 0. The third-order valence-electron chi connectivity index (χ3n) is 3.29. The summed E-state index contributed by atoms with van der Waals surface area (Å²) >= 11 is 2.82. The molecule has 122 valence electrons. The molecule has 2 rings (SSSR count). The monoisotopic (exact) mass is 378 g/mol. The Morgan fingerprint density at radius 2 is 2.18 bits per heavy atom. The highest BCUT2D eigenvalue weighted by molar-refractivity contribution is 9.06. The lowest BCUT2D eigenvalue weighted by molar-refractivity contribution is -0.152. The molecule has 1 fully saturated rings. The van der Waals surface area contributed by atoms with Crippen molar-refractivity contribution >= 4 is 22.2 Å². The van der Waals surface area contributed by atoms with Crippen LogP contribution in [0.15, 0.2) is 15.8 Å². The predicted molar refractivity (Wildman–Crippen MR) is 76.4 cm³/mol. The maximum Gasteiger partial charge on any atom is 0.330 e. The molecule has 0 aliphatic carbocycles. The molecule has 22 heavy (non-hydrogen) atoms. The van der Waals surface area contributed by atoms with Crippen LogP contribution in [0, 0.1) is 6.92 Å². The smallest absolute Gasteiger partial charge is 0.330 e. The standard InChI is InChI=1S/C12H15BrN2O7/c1-5-3-15(12(19)14-10(5)18)11-9(22-13)8(20-6(2)17)7(4-16)21-11/h3,7-9,11,16H,4H2,1-2H3,(H,14,18,19)/t7-,8?,9?,11-/m0/s1. The van der Waals surface area contributed by atoms with Crippen molar-refractivity contribution in [1.82, 2.24) is 9.55 Å². The molecule has 2 heterocycles. The number of nitrogens with one attached hydrogen (secondary N) is 1. The van der Waals surface area contributed by atoms with E-state index in [0.29, 0.717) is 5.56 Å². The topological polar surface area (TPSA) is 120 Å². The summed E-state index contributed by atoms with van der Waals surface area (Å²) in [6.07, 6.45) is -2.33. The molecule has 0 aromatic carbocycles. The first kappa shape index (κ1) is 16.9. The molecule has 0 amide bonds. The van der Waals surface area contributed by atoms with Gasteiger partial charge < -0.3 is 14.6 Å². The number of hydrogen-bond acceptors (Lipinski definition) is 7. The quantitative estimate of drug-likeness (QED) is 0.668. The first-order chi connectivity index (χ1) is 10.4. The number of aliphatic hydroxyl groups excluding tert-OH is 1. The Balaban J connectivity index is 2.43. The summed E-state index contributed by atoms with van der Waals surface area (Å²) in [5.74, 6) is -0.577. The SMILES string of the molecule is CC(=O)OC1C(OBr)[C@@H](n2cc(C)c(=O)[nH]c2=O)O[C@H]1CO. The van der Waals surface area contributed by atoms with Crippen LogP contribution in [0.1, 0.15) is 18.7 Å². The van der Waals surface area contributed by atoms with Crippen LogP contribution in [-0.4, -0.2) is 45.5 Å². The van der Waals surface area contributed by atoms with Crippen molar-refractivity contribution in [1.29, 1.82) is 0 Å². The molecule has 1 saturated heterocycles. The Kier molecular flexibility index (Phi) is 5.16. The van der Waals surface area contributed by atoms with Gasteiger partial charge in [-0.25, -0.2) is 4.79 Å². The third kappa shape index (κ3) is 3.14. The number of hydrogen-bond donors (Lipinski definition) is 2. The van der Waals surface area contributed by atoms with Crippen LogP contribution in [0.25, 0.3) is 0 Å². The van der Waals surface area contributed by atoms with Gasteiger partial charge in [0.05, 0.1) is 22.9 Å². The molecule has 4 atom stereocenters. The van der Waals surface area contributed by atoms with Crippen molar-refractivity contribution in [2.24, 2.45) is 0 Å². The molecule has 2 unspecified atom stereocenters. The normalized spacial score (nSPS) is 27.8. The van der Waals surface area contributed by atoms with Gasteiger partial charge in [-0.3, -0.25) is 23.0 Å². The molecular weight excluding hydrogens is 364 g/mol. The van der Waals surface area contributed by atoms with E-state index in [1.54, 1.807) is 0 Å². The van der Waals surface area contributed by atoms with Crippen LogP contribution in [0.5, 0.6) is 0 Å². The number of aromatic amines is 1. The third-order valence-corrected chi connectivity index (χ3v) is 3.72. The zero-order valence-corrected chi connectivity index (χ0v) is 13.4. The molecule has 0 saturated carbocycles. The summed E-state index contributed by atoms with van der Waals surface area (Å²) in [7, 11) is 0.